The average Bonchev–Trinajstić information content (AvgIpc) is 2.41. The summed E-state index contributed by atoms with van der Waals surface area (Å²) < 4.78 is 5.66. The van der Waals surface area contributed by atoms with Gasteiger partial charge in [0.25, 0.3) is 0 Å². The van der Waals surface area contributed by atoms with Crippen LogP contribution in [0.1, 0.15) is 45.1 Å². The molecule has 2 rings (SSSR count). The molecule has 1 aromatic carbocycles. The van der Waals surface area contributed by atoms with E-state index in [2.05, 4.69) is 43.4 Å². The monoisotopic (exact) mass is 261 g/mol. The van der Waals surface area contributed by atoms with E-state index in [9.17, 15) is 0 Å². The van der Waals surface area contributed by atoms with Crippen molar-refractivity contribution in [2.45, 2.75) is 52.1 Å². The fourth-order valence-corrected chi connectivity index (χ4v) is 2.77. The summed E-state index contributed by atoms with van der Waals surface area (Å²) in [6, 6.07) is 8.61. The Kier molecular flexibility index (Phi) is 5.71. The second kappa shape index (κ2) is 7.54. The van der Waals surface area contributed by atoms with E-state index in [1.807, 2.05) is 0 Å². The molecule has 2 nitrogen and oxygen atoms in total. The zero-order valence-electron chi connectivity index (χ0n) is 12.3. The van der Waals surface area contributed by atoms with Crippen molar-refractivity contribution < 1.29 is 4.74 Å². The van der Waals surface area contributed by atoms with Crippen LogP contribution in [-0.2, 0) is 6.42 Å². The van der Waals surface area contributed by atoms with Crippen molar-refractivity contribution in [3.05, 3.63) is 29.8 Å². The van der Waals surface area contributed by atoms with Gasteiger partial charge in [0.05, 0.1) is 6.10 Å². The number of ether oxygens (including phenoxy) is 1. The largest absolute Gasteiger partial charge is 0.491 e. The topological polar surface area (TPSA) is 21.3 Å². The smallest absolute Gasteiger partial charge is 0.119 e. The second-order valence-electron chi connectivity index (χ2n) is 5.90. The predicted molar refractivity (Wildman–Crippen MR) is 80.7 cm³/mol. The normalized spacial score (nSPS) is 16.8. The fraction of sp³-hybridized carbons (Fsp3) is 0.647. The molecule has 0 amide bonds. The molecule has 0 atom stereocenters. The van der Waals surface area contributed by atoms with E-state index in [1.165, 1.54) is 50.8 Å². The van der Waals surface area contributed by atoms with Gasteiger partial charge < -0.3 is 10.1 Å². The molecule has 0 unspecified atom stereocenters. The molecule has 19 heavy (non-hydrogen) atoms. The number of rotatable bonds is 6. The molecule has 0 saturated carbocycles. The molecule has 1 heterocycles. The van der Waals surface area contributed by atoms with Gasteiger partial charge in [0.2, 0.25) is 0 Å². The van der Waals surface area contributed by atoms with Gasteiger partial charge in [-0.3, -0.25) is 0 Å². The minimum absolute atomic E-state index is 0.255. The number of nitrogens with one attached hydrogen (secondary N) is 1. The van der Waals surface area contributed by atoms with Crippen LogP contribution in [0.15, 0.2) is 24.3 Å². The Labute approximate surface area is 117 Å². The Hall–Kier alpha value is -1.02. The van der Waals surface area contributed by atoms with Gasteiger partial charge in [0.15, 0.2) is 0 Å². The quantitative estimate of drug-likeness (QED) is 0.841. The number of benzene rings is 1. The van der Waals surface area contributed by atoms with Crippen molar-refractivity contribution in [3.63, 3.8) is 0 Å². The summed E-state index contributed by atoms with van der Waals surface area (Å²) in [7, 11) is 0. The van der Waals surface area contributed by atoms with Gasteiger partial charge in [0, 0.05) is 0 Å². The lowest BCUT2D eigenvalue weighted by Crippen LogP contribution is -2.27. The molecule has 1 fully saturated rings. The van der Waals surface area contributed by atoms with Crippen LogP contribution >= 0.6 is 0 Å². The van der Waals surface area contributed by atoms with E-state index >= 15 is 0 Å². The summed E-state index contributed by atoms with van der Waals surface area (Å²) in [5, 5.41) is 3.43. The van der Waals surface area contributed by atoms with Gasteiger partial charge in [-0.25, -0.2) is 0 Å². The molecule has 1 saturated heterocycles. The van der Waals surface area contributed by atoms with E-state index < -0.39 is 0 Å². The minimum atomic E-state index is 0.255. The van der Waals surface area contributed by atoms with Gasteiger partial charge in [0.1, 0.15) is 5.75 Å². The van der Waals surface area contributed by atoms with Crippen molar-refractivity contribution in [2.75, 3.05) is 13.1 Å². The van der Waals surface area contributed by atoms with Crippen molar-refractivity contribution in [2.24, 2.45) is 5.92 Å². The molecule has 1 N–H and O–H groups in total. The van der Waals surface area contributed by atoms with Crippen LogP contribution in [0, 0.1) is 5.92 Å². The molecule has 2 heteroatoms. The van der Waals surface area contributed by atoms with Crippen molar-refractivity contribution >= 4 is 0 Å². The van der Waals surface area contributed by atoms with E-state index in [-0.39, 0.29) is 6.10 Å². The second-order valence-corrected chi connectivity index (χ2v) is 5.90. The number of hydrogen-bond donors (Lipinski definition) is 1. The van der Waals surface area contributed by atoms with Crippen LogP contribution in [0.4, 0.5) is 0 Å². The molecule has 1 aliphatic rings. The highest BCUT2D eigenvalue weighted by molar-refractivity contribution is 5.27. The molecular formula is C17H27NO. The van der Waals surface area contributed by atoms with E-state index in [4.69, 9.17) is 4.74 Å². The molecule has 0 radical (unpaired) electrons. The van der Waals surface area contributed by atoms with Crippen molar-refractivity contribution in [1.82, 2.24) is 5.32 Å². The summed E-state index contributed by atoms with van der Waals surface area (Å²) in [6.07, 6.45) is 6.88. The summed E-state index contributed by atoms with van der Waals surface area (Å²) in [4.78, 5) is 0. The summed E-state index contributed by atoms with van der Waals surface area (Å²) in [5.74, 6) is 1.93. The van der Waals surface area contributed by atoms with Crippen LogP contribution in [0.25, 0.3) is 0 Å². The van der Waals surface area contributed by atoms with E-state index in [1.54, 1.807) is 0 Å². The molecule has 0 aliphatic carbocycles. The van der Waals surface area contributed by atoms with Gasteiger partial charge >= 0.3 is 0 Å². The Morgan fingerprint density at radius 1 is 1.16 bits per heavy atom. The highest BCUT2D eigenvalue weighted by Crippen LogP contribution is 2.20. The van der Waals surface area contributed by atoms with Gasteiger partial charge in [-0.1, -0.05) is 18.6 Å². The van der Waals surface area contributed by atoms with Crippen molar-refractivity contribution in [3.8, 4) is 5.75 Å². The molecule has 0 aromatic heterocycles. The maximum absolute atomic E-state index is 5.66. The lowest BCUT2D eigenvalue weighted by Gasteiger charge is -2.22. The third kappa shape index (κ3) is 5.23. The maximum atomic E-state index is 5.66. The Morgan fingerprint density at radius 3 is 2.47 bits per heavy atom. The van der Waals surface area contributed by atoms with Gasteiger partial charge in [-0.05, 0) is 76.2 Å². The summed E-state index contributed by atoms with van der Waals surface area (Å²) >= 11 is 0. The first-order chi connectivity index (χ1) is 9.24. The first-order valence-corrected chi connectivity index (χ1v) is 7.70. The molecular weight excluding hydrogens is 234 g/mol. The third-order valence-corrected chi connectivity index (χ3v) is 3.83. The van der Waals surface area contributed by atoms with Crippen LogP contribution in [0.2, 0.25) is 0 Å². The lowest BCUT2D eigenvalue weighted by atomic mass is 9.91. The number of hydrogen-bond acceptors (Lipinski definition) is 2. The zero-order valence-corrected chi connectivity index (χ0v) is 12.3. The standard InChI is InChI=1S/C17H27NO/c1-14(2)19-17-8-6-15(7-9-17)4-3-5-16-10-12-18-13-11-16/h6-9,14,16,18H,3-5,10-13H2,1-2H3. The van der Waals surface area contributed by atoms with Gasteiger partial charge in [-0.2, -0.15) is 0 Å². The average molecular weight is 261 g/mol. The van der Waals surface area contributed by atoms with E-state index in [0.717, 1.165) is 11.7 Å². The van der Waals surface area contributed by atoms with Crippen LogP contribution in [0.3, 0.4) is 0 Å². The van der Waals surface area contributed by atoms with Crippen LogP contribution in [-0.4, -0.2) is 19.2 Å². The predicted octanol–water partition coefficient (Wildman–Crippen LogP) is 3.80. The highest BCUT2D eigenvalue weighted by Gasteiger charge is 2.12. The fourth-order valence-electron chi connectivity index (χ4n) is 2.77. The molecule has 1 aromatic rings. The summed E-state index contributed by atoms with van der Waals surface area (Å²) in [6.45, 7) is 6.55. The molecule has 106 valence electrons. The number of aryl methyl sites for hydroxylation is 1. The lowest BCUT2D eigenvalue weighted by molar-refractivity contribution is 0.242. The molecule has 0 bridgehead atoms. The molecule has 1 aliphatic heterocycles. The third-order valence-electron chi connectivity index (χ3n) is 3.83. The van der Waals surface area contributed by atoms with Crippen LogP contribution < -0.4 is 10.1 Å². The highest BCUT2D eigenvalue weighted by atomic mass is 16.5. The van der Waals surface area contributed by atoms with Crippen LogP contribution in [0.5, 0.6) is 5.75 Å². The summed E-state index contributed by atoms with van der Waals surface area (Å²) in [5.41, 5.74) is 1.44. The minimum Gasteiger partial charge on any atom is -0.491 e. The van der Waals surface area contributed by atoms with Crippen molar-refractivity contribution in [1.29, 1.82) is 0 Å². The Balaban J connectivity index is 1.70. The Morgan fingerprint density at radius 2 is 1.84 bits per heavy atom. The zero-order chi connectivity index (χ0) is 13.5. The first kappa shape index (κ1) is 14.4. The number of piperidine rings is 1. The van der Waals surface area contributed by atoms with Gasteiger partial charge in [-0.15, -0.1) is 0 Å². The van der Waals surface area contributed by atoms with E-state index in [0.29, 0.717) is 0 Å². The maximum Gasteiger partial charge on any atom is 0.119 e. The Bertz CT molecular complexity index is 352. The first-order valence-electron chi connectivity index (χ1n) is 7.70. The molecule has 0 spiro atoms. The SMILES string of the molecule is CC(C)Oc1ccc(CCCC2CCNCC2)cc1.